The molecular weight excluding hydrogens is 496 g/mol. The van der Waals surface area contributed by atoms with E-state index in [1.807, 2.05) is 27.7 Å². The van der Waals surface area contributed by atoms with Crippen LogP contribution in [0.3, 0.4) is 0 Å². The molecule has 0 saturated carbocycles. The SMILES string of the molecule is CCNC(=NCc1ncc(C(C)(C)C)o1)NC(C)c1cccc(C(F)(F)F)c1.I. The van der Waals surface area contributed by atoms with Gasteiger partial charge in [0.25, 0.3) is 0 Å². The van der Waals surface area contributed by atoms with Crippen molar-refractivity contribution in [3.63, 3.8) is 0 Å². The number of guanidine groups is 1. The Balaban J connectivity index is 0.00000420. The van der Waals surface area contributed by atoms with E-state index < -0.39 is 11.7 Å². The van der Waals surface area contributed by atoms with E-state index in [1.54, 1.807) is 19.2 Å². The first kappa shape index (κ1) is 25.3. The number of nitrogens with one attached hydrogen (secondary N) is 2. The van der Waals surface area contributed by atoms with Crippen molar-refractivity contribution in [3.8, 4) is 0 Å². The quantitative estimate of drug-likeness (QED) is 0.312. The lowest BCUT2D eigenvalue weighted by atomic mass is 9.94. The molecule has 5 nitrogen and oxygen atoms in total. The number of aliphatic imine (C=N–C) groups is 1. The molecule has 1 atom stereocenters. The highest BCUT2D eigenvalue weighted by atomic mass is 127. The van der Waals surface area contributed by atoms with Crippen LogP contribution >= 0.6 is 24.0 Å². The van der Waals surface area contributed by atoms with Crippen LogP contribution in [0.1, 0.15) is 63.4 Å². The number of aromatic nitrogens is 1. The lowest BCUT2D eigenvalue weighted by Crippen LogP contribution is -2.38. The summed E-state index contributed by atoms with van der Waals surface area (Å²) >= 11 is 0. The maximum Gasteiger partial charge on any atom is 0.416 e. The lowest BCUT2D eigenvalue weighted by molar-refractivity contribution is -0.137. The Kier molecular flexibility index (Phi) is 8.98. The van der Waals surface area contributed by atoms with Crippen molar-refractivity contribution in [2.75, 3.05) is 6.54 Å². The van der Waals surface area contributed by atoms with E-state index in [0.29, 0.717) is 24.0 Å². The minimum absolute atomic E-state index is 0. The monoisotopic (exact) mass is 524 g/mol. The van der Waals surface area contributed by atoms with Gasteiger partial charge in [0.1, 0.15) is 12.3 Å². The van der Waals surface area contributed by atoms with Crippen LogP contribution < -0.4 is 10.6 Å². The molecule has 162 valence electrons. The highest BCUT2D eigenvalue weighted by Crippen LogP contribution is 2.30. The number of hydrogen-bond donors (Lipinski definition) is 2. The summed E-state index contributed by atoms with van der Waals surface area (Å²) < 4.78 is 44.5. The maximum atomic E-state index is 12.9. The van der Waals surface area contributed by atoms with Crippen LogP contribution in [0.2, 0.25) is 0 Å². The fourth-order valence-corrected chi connectivity index (χ4v) is 2.47. The highest BCUT2D eigenvalue weighted by Gasteiger charge is 2.30. The first-order valence-corrected chi connectivity index (χ1v) is 9.18. The van der Waals surface area contributed by atoms with Gasteiger partial charge in [0.2, 0.25) is 5.89 Å². The predicted molar refractivity (Wildman–Crippen MR) is 118 cm³/mol. The summed E-state index contributed by atoms with van der Waals surface area (Å²) in [5, 5.41) is 6.20. The van der Waals surface area contributed by atoms with Gasteiger partial charge in [0, 0.05) is 12.0 Å². The molecule has 0 radical (unpaired) electrons. The van der Waals surface area contributed by atoms with E-state index in [4.69, 9.17) is 4.42 Å². The van der Waals surface area contributed by atoms with Crippen molar-refractivity contribution in [2.24, 2.45) is 4.99 Å². The Hall–Kier alpha value is -1.78. The molecule has 0 amide bonds. The first-order chi connectivity index (χ1) is 13.0. The van der Waals surface area contributed by atoms with E-state index in [1.165, 1.54) is 6.07 Å². The van der Waals surface area contributed by atoms with E-state index >= 15 is 0 Å². The number of nitrogens with zero attached hydrogens (tertiary/aromatic N) is 2. The van der Waals surface area contributed by atoms with Gasteiger partial charge < -0.3 is 15.1 Å². The Bertz CT molecular complexity index is 813. The molecular formula is C20H28F3IN4O. The minimum Gasteiger partial charge on any atom is -0.443 e. The Morgan fingerprint density at radius 3 is 2.48 bits per heavy atom. The predicted octanol–water partition coefficient (Wildman–Crippen LogP) is 5.43. The molecule has 0 aliphatic rings. The van der Waals surface area contributed by atoms with Gasteiger partial charge in [-0.15, -0.1) is 24.0 Å². The molecule has 1 unspecified atom stereocenters. The fourth-order valence-electron chi connectivity index (χ4n) is 2.47. The van der Waals surface area contributed by atoms with Gasteiger partial charge in [-0.2, -0.15) is 13.2 Å². The van der Waals surface area contributed by atoms with Crippen molar-refractivity contribution < 1.29 is 17.6 Å². The second kappa shape index (κ2) is 10.3. The van der Waals surface area contributed by atoms with Crippen molar-refractivity contribution in [3.05, 3.63) is 53.2 Å². The average molecular weight is 524 g/mol. The van der Waals surface area contributed by atoms with Gasteiger partial charge in [-0.3, -0.25) is 0 Å². The summed E-state index contributed by atoms with van der Waals surface area (Å²) in [4.78, 5) is 8.67. The van der Waals surface area contributed by atoms with Gasteiger partial charge in [-0.05, 0) is 31.5 Å². The molecule has 0 saturated heterocycles. The van der Waals surface area contributed by atoms with Crippen LogP contribution in [-0.2, 0) is 18.1 Å². The zero-order valence-electron chi connectivity index (χ0n) is 17.2. The van der Waals surface area contributed by atoms with Crippen LogP contribution in [0.25, 0.3) is 0 Å². The number of halogens is 4. The number of oxazole rings is 1. The zero-order valence-corrected chi connectivity index (χ0v) is 19.6. The van der Waals surface area contributed by atoms with E-state index in [-0.39, 0.29) is 42.0 Å². The standard InChI is InChI=1S/C20H27F3N4O.HI/c1-6-24-18(26-12-17-25-11-16(28-17)19(3,4)5)27-13(2)14-8-7-9-15(10-14)20(21,22)23;/h7-11,13H,6,12H2,1-5H3,(H2,24,26,27);1H. The Labute approximate surface area is 186 Å². The third-order valence-electron chi connectivity index (χ3n) is 4.08. The largest absolute Gasteiger partial charge is 0.443 e. The van der Waals surface area contributed by atoms with Crippen molar-refractivity contribution in [2.45, 2.75) is 58.8 Å². The smallest absolute Gasteiger partial charge is 0.416 e. The number of alkyl halides is 3. The van der Waals surface area contributed by atoms with Crippen LogP contribution in [0.4, 0.5) is 13.2 Å². The topological polar surface area (TPSA) is 62.5 Å². The molecule has 0 aliphatic heterocycles. The minimum atomic E-state index is -4.37. The van der Waals surface area contributed by atoms with E-state index in [9.17, 15) is 13.2 Å². The molecule has 2 aromatic rings. The van der Waals surface area contributed by atoms with Crippen LogP contribution in [0.15, 0.2) is 39.9 Å². The number of rotatable bonds is 5. The zero-order chi connectivity index (χ0) is 20.9. The molecule has 0 spiro atoms. The molecule has 1 aromatic carbocycles. The lowest BCUT2D eigenvalue weighted by Gasteiger charge is -2.19. The summed E-state index contributed by atoms with van der Waals surface area (Å²) in [6.07, 6.45) is -2.68. The molecule has 2 N–H and O–H groups in total. The van der Waals surface area contributed by atoms with Crippen LogP contribution in [0.5, 0.6) is 0 Å². The number of benzene rings is 1. The Morgan fingerprint density at radius 1 is 1.24 bits per heavy atom. The average Bonchev–Trinajstić information content (AvgIpc) is 3.08. The van der Waals surface area contributed by atoms with Crippen LogP contribution in [-0.4, -0.2) is 17.5 Å². The fraction of sp³-hybridized carbons (Fsp3) is 0.500. The van der Waals surface area contributed by atoms with Crippen molar-refractivity contribution in [1.29, 1.82) is 0 Å². The highest BCUT2D eigenvalue weighted by molar-refractivity contribution is 14.0. The van der Waals surface area contributed by atoms with Gasteiger partial charge in [0.05, 0.1) is 17.8 Å². The van der Waals surface area contributed by atoms with Gasteiger partial charge in [-0.1, -0.05) is 32.9 Å². The summed E-state index contributed by atoms with van der Waals surface area (Å²) in [6, 6.07) is 4.90. The van der Waals surface area contributed by atoms with Gasteiger partial charge in [-0.25, -0.2) is 9.98 Å². The summed E-state index contributed by atoms with van der Waals surface area (Å²) in [5.41, 5.74) is -0.294. The van der Waals surface area contributed by atoms with Crippen molar-refractivity contribution in [1.82, 2.24) is 15.6 Å². The molecule has 29 heavy (non-hydrogen) atoms. The maximum absolute atomic E-state index is 12.9. The van der Waals surface area contributed by atoms with E-state index in [0.717, 1.165) is 17.9 Å². The molecule has 1 aromatic heterocycles. The third kappa shape index (κ3) is 7.52. The normalized spacial score (nSPS) is 13.6. The second-order valence-electron chi connectivity index (χ2n) is 7.55. The van der Waals surface area contributed by atoms with E-state index in [2.05, 4.69) is 20.6 Å². The first-order valence-electron chi connectivity index (χ1n) is 9.18. The van der Waals surface area contributed by atoms with Crippen LogP contribution in [0, 0.1) is 0 Å². The molecule has 0 fully saturated rings. The molecule has 0 aliphatic carbocycles. The summed E-state index contributed by atoms with van der Waals surface area (Å²) in [5.74, 6) is 1.73. The Morgan fingerprint density at radius 2 is 1.93 bits per heavy atom. The summed E-state index contributed by atoms with van der Waals surface area (Å²) in [6.45, 7) is 10.6. The summed E-state index contributed by atoms with van der Waals surface area (Å²) in [7, 11) is 0. The third-order valence-corrected chi connectivity index (χ3v) is 4.08. The molecule has 0 bridgehead atoms. The second-order valence-corrected chi connectivity index (χ2v) is 7.55. The van der Waals surface area contributed by atoms with Gasteiger partial charge >= 0.3 is 6.18 Å². The molecule has 2 rings (SSSR count). The molecule has 1 heterocycles. The number of hydrogen-bond acceptors (Lipinski definition) is 3. The molecule has 9 heteroatoms. The van der Waals surface area contributed by atoms with Gasteiger partial charge in [0.15, 0.2) is 5.96 Å². The van der Waals surface area contributed by atoms with Crippen molar-refractivity contribution >= 4 is 29.9 Å².